The van der Waals surface area contributed by atoms with Crippen LogP contribution in [0.25, 0.3) is 110 Å². The molecule has 0 aliphatic rings. The molecule has 268 valence electrons. The summed E-state index contributed by atoms with van der Waals surface area (Å²) in [6.45, 7) is 0. The lowest BCUT2D eigenvalue weighted by Gasteiger charge is -2.12. The van der Waals surface area contributed by atoms with Gasteiger partial charge in [-0.05, 0) is 78.1 Å². The maximum atomic E-state index is 10.4. The normalized spacial score (nSPS) is 12.0. The average Bonchev–Trinajstić information content (AvgIpc) is 3.27. The highest BCUT2D eigenvalue weighted by atomic mass is 31.1. The van der Waals surface area contributed by atoms with Crippen LogP contribution in [-0.2, 0) is 0 Å². The molecule has 0 radical (unpaired) electrons. The first-order chi connectivity index (χ1) is 28.0. The molecule has 1 N–H and O–H groups in total. The van der Waals surface area contributed by atoms with E-state index in [-0.39, 0.29) is 8.81 Å². The molecule has 57 heavy (non-hydrogen) atoms. The molecule has 5 aromatic carbocycles. The average molecular weight is 769 g/mol. The third-order valence-corrected chi connectivity index (χ3v) is 11.5. The van der Waals surface area contributed by atoms with Gasteiger partial charge in [0.1, 0.15) is 0 Å². The zero-order chi connectivity index (χ0) is 38.0. The van der Waals surface area contributed by atoms with Crippen molar-refractivity contribution in [1.82, 2.24) is 29.9 Å². The Labute approximate surface area is 330 Å². The van der Waals surface area contributed by atoms with E-state index in [4.69, 9.17) is 19.9 Å². The Morgan fingerprint density at radius 1 is 0.368 bits per heavy atom. The zero-order valence-electron chi connectivity index (χ0n) is 30.2. The molecule has 9 heteroatoms. The molecule has 2 atom stereocenters. The summed E-state index contributed by atoms with van der Waals surface area (Å²) in [6, 6.07) is 49.7. The minimum atomic E-state index is -0.386. The maximum Gasteiger partial charge on any atom is 0.0972 e. The van der Waals surface area contributed by atoms with Gasteiger partial charge in [-0.1, -0.05) is 72.8 Å². The fourth-order valence-corrected chi connectivity index (χ4v) is 8.59. The second-order valence-corrected chi connectivity index (χ2v) is 15.6. The standard InChI is InChI=1S/C48H30N6OP2/c55-57-38-25-35(41-17-12-30-8-6-28-4-2-20-50-44(28)46(30)52-41)22-36(26-38)42-18-14-32-10-9-31-13-16-40(53-47(31)48(32)54-42)34-21-33(23-37(56)24-34)39-15-11-29-7-5-27-3-1-19-49-43(27)45(29)51-39/h1-26,55,57H,56H2. The predicted octanol–water partition coefficient (Wildman–Crippen LogP) is 10.4. The van der Waals surface area contributed by atoms with Gasteiger partial charge >= 0.3 is 0 Å². The van der Waals surface area contributed by atoms with E-state index in [2.05, 4.69) is 128 Å². The lowest BCUT2D eigenvalue weighted by atomic mass is 10.0. The van der Waals surface area contributed by atoms with Gasteiger partial charge in [-0.25, -0.2) is 19.9 Å². The molecule has 0 aliphatic heterocycles. The smallest absolute Gasteiger partial charge is 0.0972 e. The summed E-state index contributed by atoms with van der Waals surface area (Å²) in [5.41, 5.74) is 12.2. The number of hydrogen-bond acceptors (Lipinski definition) is 7. The van der Waals surface area contributed by atoms with Gasteiger partial charge in [-0.15, -0.1) is 9.24 Å². The second-order valence-electron chi connectivity index (χ2n) is 14.2. The highest BCUT2D eigenvalue weighted by Crippen LogP contribution is 2.34. The molecule has 0 saturated heterocycles. The third-order valence-electron chi connectivity index (χ3n) is 10.6. The van der Waals surface area contributed by atoms with Crippen LogP contribution in [0.1, 0.15) is 0 Å². The molecule has 0 bridgehead atoms. The summed E-state index contributed by atoms with van der Waals surface area (Å²) < 4.78 is 0. The molecule has 0 spiro atoms. The van der Waals surface area contributed by atoms with Gasteiger partial charge in [-0.3, -0.25) is 9.97 Å². The molecular formula is C48H30N6OP2. The minimum Gasteiger partial charge on any atom is -0.372 e. The quantitative estimate of drug-likeness (QED) is 0.138. The van der Waals surface area contributed by atoms with Gasteiger partial charge in [0.05, 0.1) is 55.9 Å². The van der Waals surface area contributed by atoms with Crippen LogP contribution >= 0.6 is 18.0 Å². The summed E-state index contributed by atoms with van der Waals surface area (Å²) in [7, 11) is 2.46. The summed E-state index contributed by atoms with van der Waals surface area (Å²) in [5.74, 6) is 0. The van der Waals surface area contributed by atoms with Crippen molar-refractivity contribution in [3.05, 3.63) is 158 Å². The van der Waals surface area contributed by atoms with E-state index in [0.717, 1.165) is 121 Å². The highest BCUT2D eigenvalue weighted by Gasteiger charge is 2.14. The van der Waals surface area contributed by atoms with Crippen molar-refractivity contribution < 1.29 is 4.89 Å². The van der Waals surface area contributed by atoms with Crippen LogP contribution in [0.4, 0.5) is 0 Å². The first-order valence-corrected chi connectivity index (χ1v) is 20.0. The van der Waals surface area contributed by atoms with Crippen LogP contribution in [0.3, 0.4) is 0 Å². The van der Waals surface area contributed by atoms with Crippen LogP contribution in [0.2, 0.25) is 0 Å². The molecule has 11 aromatic rings. The van der Waals surface area contributed by atoms with E-state index in [1.807, 2.05) is 42.6 Å². The summed E-state index contributed by atoms with van der Waals surface area (Å²) in [6.07, 6.45) is 3.62. The topological polar surface area (TPSA) is 97.6 Å². The zero-order valence-corrected chi connectivity index (χ0v) is 32.4. The van der Waals surface area contributed by atoms with Crippen molar-refractivity contribution in [2.75, 3.05) is 0 Å². The largest absolute Gasteiger partial charge is 0.372 e. The first kappa shape index (κ1) is 33.7. The summed E-state index contributed by atoms with van der Waals surface area (Å²) in [4.78, 5) is 40.4. The Kier molecular flexibility index (Phi) is 8.01. The van der Waals surface area contributed by atoms with Crippen molar-refractivity contribution in [3.63, 3.8) is 0 Å². The van der Waals surface area contributed by atoms with Crippen molar-refractivity contribution in [3.8, 4) is 45.0 Å². The number of aromatic nitrogens is 6. The first-order valence-electron chi connectivity index (χ1n) is 18.5. The van der Waals surface area contributed by atoms with E-state index in [1.54, 1.807) is 6.20 Å². The Morgan fingerprint density at radius 2 is 0.684 bits per heavy atom. The lowest BCUT2D eigenvalue weighted by Crippen LogP contribution is -1.99. The maximum absolute atomic E-state index is 10.4. The molecule has 0 aliphatic carbocycles. The van der Waals surface area contributed by atoms with Crippen molar-refractivity contribution in [2.45, 2.75) is 0 Å². The SMILES string of the molecule is OPc1cc(-c2ccc3ccc4cccnc4c3n2)cc(-c2ccc3ccc4ccc(-c5cc(P)cc(-c6ccc7ccc8cccnc8c7n6)c5)nc4c3n2)c1. The van der Waals surface area contributed by atoms with E-state index in [9.17, 15) is 4.89 Å². The van der Waals surface area contributed by atoms with E-state index < -0.39 is 0 Å². The van der Waals surface area contributed by atoms with Gasteiger partial charge in [0.25, 0.3) is 0 Å². The fourth-order valence-electron chi connectivity index (χ4n) is 7.79. The number of rotatable bonds is 5. The van der Waals surface area contributed by atoms with Gasteiger partial charge in [0.15, 0.2) is 0 Å². The van der Waals surface area contributed by atoms with E-state index >= 15 is 0 Å². The van der Waals surface area contributed by atoms with Crippen molar-refractivity contribution in [1.29, 1.82) is 0 Å². The fraction of sp³-hybridized carbons (Fsp3) is 0. The van der Waals surface area contributed by atoms with Crippen molar-refractivity contribution in [2.24, 2.45) is 0 Å². The third kappa shape index (κ3) is 5.96. The Bertz CT molecular complexity index is 3450. The molecule has 0 amide bonds. The van der Waals surface area contributed by atoms with E-state index in [0.29, 0.717) is 0 Å². The van der Waals surface area contributed by atoms with Gasteiger partial charge in [-0.2, -0.15) is 0 Å². The monoisotopic (exact) mass is 768 g/mol. The van der Waals surface area contributed by atoms with Crippen LogP contribution in [-0.4, -0.2) is 34.8 Å². The number of fused-ring (bicyclic) bond motifs is 9. The van der Waals surface area contributed by atoms with Crippen LogP contribution in [0, 0.1) is 0 Å². The van der Waals surface area contributed by atoms with Crippen LogP contribution in [0.5, 0.6) is 0 Å². The molecule has 0 fully saturated rings. The predicted molar refractivity (Wildman–Crippen MR) is 240 cm³/mol. The highest BCUT2D eigenvalue weighted by molar-refractivity contribution is 7.40. The van der Waals surface area contributed by atoms with Gasteiger partial charge < -0.3 is 4.89 Å². The Hall–Kier alpha value is -6.62. The van der Waals surface area contributed by atoms with Gasteiger partial charge in [0, 0.05) is 81.1 Å². The summed E-state index contributed by atoms with van der Waals surface area (Å²) >= 11 is 0. The van der Waals surface area contributed by atoms with Crippen LogP contribution in [0.15, 0.2) is 158 Å². The molecule has 11 rings (SSSR count). The van der Waals surface area contributed by atoms with Crippen molar-refractivity contribution >= 4 is 94.1 Å². The lowest BCUT2D eigenvalue weighted by molar-refractivity contribution is 0.655. The Morgan fingerprint density at radius 3 is 1.05 bits per heavy atom. The molecule has 7 nitrogen and oxygen atoms in total. The van der Waals surface area contributed by atoms with E-state index in [1.165, 1.54) is 0 Å². The number of benzene rings is 5. The summed E-state index contributed by atoms with van der Waals surface area (Å²) in [5, 5.41) is 8.02. The molecular weight excluding hydrogens is 739 g/mol. The number of pyridine rings is 6. The second kappa shape index (κ2) is 13.5. The van der Waals surface area contributed by atoms with Crippen LogP contribution < -0.4 is 10.6 Å². The number of nitrogens with zero attached hydrogens (tertiary/aromatic N) is 6. The Balaban J connectivity index is 1.01. The molecule has 6 aromatic heterocycles. The van der Waals surface area contributed by atoms with Gasteiger partial charge in [0.2, 0.25) is 0 Å². The minimum absolute atomic E-state index is 0.386. The molecule has 0 saturated carbocycles. The molecule has 6 heterocycles. The number of hydrogen-bond donors (Lipinski definition) is 1. The molecule has 2 unspecified atom stereocenters.